The average Bonchev–Trinajstić information content (AvgIpc) is 2.45. The Bertz CT molecular complexity index is 579. The van der Waals surface area contributed by atoms with Crippen LogP contribution in [0.3, 0.4) is 0 Å². The number of aliphatic hydroxyl groups is 1. The van der Waals surface area contributed by atoms with Gasteiger partial charge in [0.1, 0.15) is 12.6 Å². The van der Waals surface area contributed by atoms with Crippen LogP contribution in [0.5, 0.6) is 0 Å². The van der Waals surface area contributed by atoms with Gasteiger partial charge in [0.2, 0.25) is 0 Å². The summed E-state index contributed by atoms with van der Waals surface area (Å²) in [6, 6.07) is 0. The van der Waals surface area contributed by atoms with Crippen LogP contribution in [-0.4, -0.2) is 118 Å². The molecule has 156 valence electrons. The molecular weight excluding hydrogens is 388 g/mol. The third-order valence-corrected chi connectivity index (χ3v) is 6.03. The Morgan fingerprint density at radius 1 is 1.00 bits per heavy atom. The largest absolute Gasteiger partial charge is 0.386 e. The third-order valence-electron chi connectivity index (χ3n) is 4.42. The lowest BCUT2D eigenvalue weighted by Gasteiger charge is -2.38. The summed E-state index contributed by atoms with van der Waals surface area (Å²) in [4.78, 5) is 2.08. The van der Waals surface area contributed by atoms with E-state index in [9.17, 15) is 21.9 Å². The fourth-order valence-electron chi connectivity index (χ4n) is 3.20. The number of hydrogen-bond donors (Lipinski definition) is 3. The highest BCUT2D eigenvalue weighted by molar-refractivity contribution is 7.86. The van der Waals surface area contributed by atoms with Crippen molar-refractivity contribution >= 4 is 20.2 Å². The number of nitrogens with zero attached hydrogens (tertiary/aromatic N) is 2. The van der Waals surface area contributed by atoms with E-state index in [1.165, 1.54) is 0 Å². The average molecular weight is 420 g/mol. The Hall–Kier alpha value is -0.340. The first-order valence-corrected chi connectivity index (χ1v) is 11.8. The van der Waals surface area contributed by atoms with Crippen molar-refractivity contribution < 1.29 is 40.3 Å². The lowest BCUT2D eigenvalue weighted by molar-refractivity contribution is -0.912. The second-order valence-corrected chi connectivity index (χ2v) is 10.2. The summed E-state index contributed by atoms with van der Waals surface area (Å²) in [5.41, 5.74) is 0. The molecule has 1 saturated heterocycles. The number of quaternary nitrogens is 1. The maximum absolute atomic E-state index is 10.9. The first-order valence-electron chi connectivity index (χ1n) is 8.61. The highest BCUT2D eigenvalue weighted by Crippen LogP contribution is 2.11. The van der Waals surface area contributed by atoms with Gasteiger partial charge >= 0.3 is 0 Å². The minimum absolute atomic E-state index is 0.186. The van der Waals surface area contributed by atoms with Crippen molar-refractivity contribution in [1.29, 1.82) is 0 Å². The van der Waals surface area contributed by atoms with Crippen LogP contribution >= 0.6 is 0 Å². The van der Waals surface area contributed by atoms with E-state index >= 15 is 0 Å². The zero-order valence-corrected chi connectivity index (χ0v) is 16.8. The quantitative estimate of drug-likeness (QED) is 0.259. The molecule has 0 saturated carbocycles. The normalized spacial score (nSPS) is 18.8. The molecular formula is C14H31N2O8S2+. The van der Waals surface area contributed by atoms with Crippen molar-refractivity contribution in [2.45, 2.75) is 18.9 Å². The number of ether oxygens (including phenoxy) is 1. The van der Waals surface area contributed by atoms with Gasteiger partial charge in [-0.1, -0.05) is 0 Å². The molecule has 0 spiro atoms. The second-order valence-electron chi connectivity index (χ2n) is 7.10. The second kappa shape index (κ2) is 10.3. The number of β-amino-alcohol motifs (C(OH)–C–C–N with tert-alkyl or cyclic N) is 1. The van der Waals surface area contributed by atoms with Crippen LogP contribution in [0, 0.1) is 0 Å². The molecule has 26 heavy (non-hydrogen) atoms. The lowest BCUT2D eigenvalue weighted by Crippen LogP contribution is -2.53. The molecule has 1 fully saturated rings. The molecule has 0 bridgehead atoms. The van der Waals surface area contributed by atoms with Crippen molar-refractivity contribution in [3.63, 3.8) is 0 Å². The van der Waals surface area contributed by atoms with Crippen molar-refractivity contribution in [2.75, 3.05) is 71.0 Å². The molecule has 0 radical (unpaired) electrons. The van der Waals surface area contributed by atoms with E-state index in [0.29, 0.717) is 39.4 Å². The van der Waals surface area contributed by atoms with Crippen LogP contribution in [0.4, 0.5) is 0 Å². The Morgan fingerprint density at radius 2 is 1.46 bits per heavy atom. The molecule has 10 nitrogen and oxygen atoms in total. The van der Waals surface area contributed by atoms with Gasteiger partial charge in [0.05, 0.1) is 44.9 Å². The molecule has 1 aliphatic rings. The Labute approximate surface area is 155 Å². The van der Waals surface area contributed by atoms with Crippen LogP contribution in [0.15, 0.2) is 0 Å². The van der Waals surface area contributed by atoms with E-state index in [2.05, 4.69) is 4.90 Å². The number of hydrogen-bond acceptors (Lipinski definition) is 7. The first kappa shape index (κ1) is 23.7. The summed E-state index contributed by atoms with van der Waals surface area (Å²) in [7, 11) is -6.34. The molecule has 0 aromatic heterocycles. The maximum Gasteiger partial charge on any atom is 0.265 e. The first-order chi connectivity index (χ1) is 11.9. The molecule has 3 N–H and O–H groups in total. The van der Waals surface area contributed by atoms with Gasteiger partial charge in [0, 0.05) is 32.5 Å². The van der Waals surface area contributed by atoms with Crippen LogP contribution in [0.1, 0.15) is 12.8 Å². The molecule has 0 aromatic carbocycles. The molecule has 1 aliphatic heterocycles. The van der Waals surface area contributed by atoms with E-state index in [1.807, 2.05) is 0 Å². The number of likely N-dealkylation sites (N-methyl/N-ethyl adjacent to an activating group) is 1. The number of morpholine rings is 1. The summed E-state index contributed by atoms with van der Waals surface area (Å²) in [5, 5.41) is 10.4. The van der Waals surface area contributed by atoms with Crippen LogP contribution in [0.25, 0.3) is 0 Å². The molecule has 12 heteroatoms. The molecule has 0 aromatic rings. The zero-order chi connectivity index (χ0) is 19.8. The van der Waals surface area contributed by atoms with E-state index in [1.54, 1.807) is 7.05 Å². The van der Waals surface area contributed by atoms with Crippen molar-refractivity contribution in [2.24, 2.45) is 0 Å². The summed E-state index contributed by atoms with van der Waals surface area (Å²) < 4.78 is 66.9. The summed E-state index contributed by atoms with van der Waals surface area (Å²) in [6.07, 6.45) is -0.300. The highest BCUT2D eigenvalue weighted by Gasteiger charge is 2.28. The smallest absolute Gasteiger partial charge is 0.265 e. The minimum atomic E-state index is -4.07. The van der Waals surface area contributed by atoms with E-state index < -0.39 is 37.8 Å². The highest BCUT2D eigenvalue weighted by atomic mass is 32.2. The zero-order valence-electron chi connectivity index (χ0n) is 15.2. The molecule has 0 aliphatic carbocycles. The van der Waals surface area contributed by atoms with Crippen molar-refractivity contribution in [1.82, 2.24) is 4.90 Å². The monoisotopic (exact) mass is 419 g/mol. The summed E-state index contributed by atoms with van der Waals surface area (Å²) >= 11 is 0. The standard InChI is InChI=1S/C14H30N2O8S2/c1-16(6-2-10-25(18,19)20,7-3-11-26(21,22)23)13-14(17)12-15-4-8-24-9-5-15/h14,17H,2-13H2,1H3,(H-,18,19,20,21,22,23)/p+1. The number of rotatable bonds is 12. The van der Waals surface area contributed by atoms with Crippen LogP contribution in [-0.2, 0) is 25.0 Å². The topological polar surface area (TPSA) is 141 Å². The van der Waals surface area contributed by atoms with Gasteiger partial charge in [-0.15, -0.1) is 0 Å². The van der Waals surface area contributed by atoms with Gasteiger partial charge in [-0.05, 0) is 0 Å². The van der Waals surface area contributed by atoms with Gasteiger partial charge in [0.15, 0.2) is 0 Å². The maximum atomic E-state index is 10.9. The Kier molecular flexibility index (Phi) is 9.36. The minimum Gasteiger partial charge on any atom is -0.386 e. The lowest BCUT2D eigenvalue weighted by atomic mass is 10.2. The van der Waals surface area contributed by atoms with Gasteiger partial charge in [-0.25, -0.2) is 0 Å². The van der Waals surface area contributed by atoms with Gasteiger partial charge in [0.25, 0.3) is 20.2 Å². The van der Waals surface area contributed by atoms with E-state index in [0.717, 1.165) is 13.1 Å². The Balaban J connectivity index is 2.61. The Morgan fingerprint density at radius 3 is 1.88 bits per heavy atom. The van der Waals surface area contributed by atoms with Gasteiger partial charge < -0.3 is 14.3 Å². The summed E-state index contributed by atoms with van der Waals surface area (Å²) in [6.45, 7) is 4.15. The van der Waals surface area contributed by atoms with Gasteiger partial charge in [-0.3, -0.25) is 14.0 Å². The third kappa shape index (κ3) is 11.4. The predicted molar refractivity (Wildman–Crippen MR) is 96.1 cm³/mol. The van der Waals surface area contributed by atoms with Crippen LogP contribution in [0.2, 0.25) is 0 Å². The summed E-state index contributed by atoms with van der Waals surface area (Å²) in [5.74, 6) is -0.780. The molecule has 0 amide bonds. The van der Waals surface area contributed by atoms with E-state index in [4.69, 9.17) is 13.8 Å². The molecule has 1 rings (SSSR count). The van der Waals surface area contributed by atoms with E-state index in [-0.39, 0.29) is 17.3 Å². The van der Waals surface area contributed by atoms with Gasteiger partial charge in [-0.2, -0.15) is 16.8 Å². The molecule has 1 unspecified atom stereocenters. The molecule has 1 heterocycles. The van der Waals surface area contributed by atoms with Crippen LogP contribution < -0.4 is 0 Å². The fraction of sp³-hybridized carbons (Fsp3) is 1.00. The number of aliphatic hydroxyl groups excluding tert-OH is 1. The predicted octanol–water partition coefficient (Wildman–Crippen LogP) is -1.32. The molecule has 1 atom stereocenters. The fourth-order valence-corrected chi connectivity index (χ4v) is 4.19. The van der Waals surface area contributed by atoms with Crippen molar-refractivity contribution in [3.05, 3.63) is 0 Å². The SMILES string of the molecule is C[N+](CCCS(=O)(=O)O)(CCCS(=O)(=O)O)CC(O)CN1CCOCC1. The van der Waals surface area contributed by atoms with Crippen molar-refractivity contribution in [3.8, 4) is 0 Å².